The van der Waals surface area contributed by atoms with Gasteiger partial charge in [0.2, 0.25) is 10.0 Å². The number of sulfonamides is 1. The summed E-state index contributed by atoms with van der Waals surface area (Å²) in [5.74, 6) is 0.473. The third-order valence-electron chi connectivity index (χ3n) is 2.55. The summed E-state index contributed by atoms with van der Waals surface area (Å²) in [5, 5.41) is 9.66. The van der Waals surface area contributed by atoms with Crippen LogP contribution < -0.4 is 5.73 Å². The van der Waals surface area contributed by atoms with Gasteiger partial charge in [0.1, 0.15) is 0 Å². The molecule has 7 heteroatoms. The standard InChI is InChI=1S/C13H22N2O3S2/c1-13(2,16)10-15(3)20(17,18)8-7-19-12-6-4-5-11(14)9-12/h4-6,9,16H,7-8,10,14H2,1-3H3. The zero-order chi connectivity index (χ0) is 15.4. The number of thioether (sulfide) groups is 1. The molecule has 0 amide bonds. The molecule has 1 aromatic carbocycles. The van der Waals surface area contributed by atoms with Crippen molar-refractivity contribution in [3.05, 3.63) is 24.3 Å². The lowest BCUT2D eigenvalue weighted by molar-refractivity contribution is 0.0640. The fourth-order valence-corrected chi connectivity index (χ4v) is 4.30. The van der Waals surface area contributed by atoms with Crippen LogP contribution in [-0.2, 0) is 10.0 Å². The molecule has 0 saturated carbocycles. The maximum atomic E-state index is 12.0. The lowest BCUT2D eigenvalue weighted by atomic mass is 10.1. The second kappa shape index (κ2) is 6.80. The van der Waals surface area contributed by atoms with Gasteiger partial charge in [-0.15, -0.1) is 11.8 Å². The van der Waals surface area contributed by atoms with E-state index in [9.17, 15) is 13.5 Å². The highest BCUT2D eigenvalue weighted by Crippen LogP contribution is 2.20. The zero-order valence-electron chi connectivity index (χ0n) is 12.0. The van der Waals surface area contributed by atoms with E-state index in [0.29, 0.717) is 11.4 Å². The Morgan fingerprint density at radius 3 is 2.60 bits per heavy atom. The van der Waals surface area contributed by atoms with Crippen molar-refractivity contribution in [1.29, 1.82) is 0 Å². The summed E-state index contributed by atoms with van der Waals surface area (Å²) < 4.78 is 25.3. The quantitative estimate of drug-likeness (QED) is 0.586. The third kappa shape index (κ3) is 6.13. The van der Waals surface area contributed by atoms with Gasteiger partial charge in [0.05, 0.1) is 11.4 Å². The van der Waals surface area contributed by atoms with E-state index in [-0.39, 0.29) is 12.3 Å². The molecule has 0 aliphatic carbocycles. The Morgan fingerprint density at radius 1 is 1.40 bits per heavy atom. The van der Waals surface area contributed by atoms with Crippen molar-refractivity contribution in [3.8, 4) is 0 Å². The first kappa shape index (κ1) is 17.3. The molecule has 5 nitrogen and oxygen atoms in total. The van der Waals surface area contributed by atoms with Crippen molar-refractivity contribution in [2.24, 2.45) is 0 Å². The summed E-state index contributed by atoms with van der Waals surface area (Å²) in [7, 11) is -1.87. The molecule has 0 radical (unpaired) electrons. The third-order valence-corrected chi connectivity index (χ3v) is 5.61. The molecule has 1 rings (SSSR count). The molecular weight excluding hydrogens is 296 g/mol. The highest BCUT2D eigenvalue weighted by Gasteiger charge is 2.24. The summed E-state index contributed by atoms with van der Waals surface area (Å²) >= 11 is 1.45. The predicted molar refractivity (Wildman–Crippen MR) is 84.3 cm³/mol. The molecule has 20 heavy (non-hydrogen) atoms. The normalized spacial score (nSPS) is 12.8. The molecule has 0 fully saturated rings. The molecule has 0 saturated heterocycles. The number of aliphatic hydroxyl groups is 1. The number of benzene rings is 1. The molecule has 114 valence electrons. The van der Waals surface area contributed by atoms with Gasteiger partial charge in [-0.2, -0.15) is 0 Å². The van der Waals surface area contributed by atoms with Crippen molar-refractivity contribution in [3.63, 3.8) is 0 Å². The number of hydrogen-bond donors (Lipinski definition) is 2. The SMILES string of the molecule is CN(CC(C)(C)O)S(=O)(=O)CCSc1cccc(N)c1. The minimum atomic E-state index is -3.35. The first-order chi connectivity index (χ1) is 9.10. The number of nitrogen functional groups attached to an aromatic ring is 1. The van der Waals surface area contributed by atoms with Gasteiger partial charge in [0.25, 0.3) is 0 Å². The summed E-state index contributed by atoms with van der Waals surface area (Å²) in [6.07, 6.45) is 0. The van der Waals surface area contributed by atoms with Crippen LogP contribution in [0.15, 0.2) is 29.2 Å². The van der Waals surface area contributed by atoms with E-state index in [1.54, 1.807) is 19.9 Å². The molecule has 0 aromatic heterocycles. The Kier molecular flexibility index (Phi) is 5.88. The number of hydrogen-bond acceptors (Lipinski definition) is 5. The molecule has 0 unspecified atom stereocenters. The van der Waals surface area contributed by atoms with E-state index in [0.717, 1.165) is 4.90 Å². The summed E-state index contributed by atoms with van der Waals surface area (Å²) in [6.45, 7) is 3.25. The average Bonchev–Trinajstić information content (AvgIpc) is 2.26. The molecule has 0 spiro atoms. The maximum Gasteiger partial charge on any atom is 0.214 e. The van der Waals surface area contributed by atoms with Gasteiger partial charge in [-0.3, -0.25) is 0 Å². The van der Waals surface area contributed by atoms with E-state index in [1.165, 1.54) is 23.1 Å². The van der Waals surface area contributed by atoms with Crippen LogP contribution in [0.1, 0.15) is 13.8 Å². The minimum Gasteiger partial charge on any atom is -0.399 e. The summed E-state index contributed by atoms with van der Waals surface area (Å²) in [6, 6.07) is 7.34. The van der Waals surface area contributed by atoms with Crippen molar-refractivity contribution in [2.75, 3.05) is 30.8 Å². The summed E-state index contributed by atoms with van der Waals surface area (Å²) in [4.78, 5) is 0.949. The van der Waals surface area contributed by atoms with Crippen LogP contribution in [0.25, 0.3) is 0 Å². The van der Waals surface area contributed by atoms with Crippen molar-refractivity contribution >= 4 is 27.5 Å². The van der Waals surface area contributed by atoms with Gasteiger partial charge in [0, 0.05) is 29.9 Å². The van der Waals surface area contributed by atoms with E-state index in [1.807, 2.05) is 18.2 Å². The van der Waals surface area contributed by atoms with Gasteiger partial charge >= 0.3 is 0 Å². The van der Waals surface area contributed by atoms with Crippen LogP contribution >= 0.6 is 11.8 Å². The lowest BCUT2D eigenvalue weighted by Crippen LogP contribution is -2.41. The molecule has 0 heterocycles. The number of nitrogens with zero attached hydrogens (tertiary/aromatic N) is 1. The van der Waals surface area contributed by atoms with Crippen LogP contribution in [0, 0.1) is 0 Å². The van der Waals surface area contributed by atoms with Crippen LogP contribution in [-0.4, -0.2) is 48.5 Å². The average molecular weight is 318 g/mol. The van der Waals surface area contributed by atoms with Crippen molar-refractivity contribution < 1.29 is 13.5 Å². The monoisotopic (exact) mass is 318 g/mol. The van der Waals surface area contributed by atoms with Crippen LogP contribution in [0.2, 0.25) is 0 Å². The Bertz CT molecular complexity index is 539. The van der Waals surface area contributed by atoms with Gasteiger partial charge < -0.3 is 10.8 Å². The number of nitrogens with two attached hydrogens (primary N) is 1. The van der Waals surface area contributed by atoms with Crippen molar-refractivity contribution in [2.45, 2.75) is 24.3 Å². The fourth-order valence-electron chi connectivity index (χ4n) is 1.67. The number of likely N-dealkylation sites (N-methyl/N-ethyl adjacent to an activating group) is 1. The fraction of sp³-hybridized carbons (Fsp3) is 0.538. The largest absolute Gasteiger partial charge is 0.399 e. The lowest BCUT2D eigenvalue weighted by Gasteiger charge is -2.25. The summed E-state index contributed by atoms with van der Waals surface area (Å²) in [5.41, 5.74) is 5.29. The van der Waals surface area contributed by atoms with Gasteiger partial charge in [-0.25, -0.2) is 12.7 Å². The van der Waals surface area contributed by atoms with Gasteiger partial charge in [-0.1, -0.05) is 6.07 Å². The molecule has 0 aliphatic heterocycles. The molecule has 0 atom stereocenters. The highest BCUT2D eigenvalue weighted by molar-refractivity contribution is 8.00. The molecular formula is C13H22N2O3S2. The Hall–Kier alpha value is -0.760. The van der Waals surface area contributed by atoms with Gasteiger partial charge in [0.15, 0.2) is 0 Å². The second-order valence-electron chi connectivity index (χ2n) is 5.31. The number of rotatable bonds is 7. The van der Waals surface area contributed by atoms with Crippen molar-refractivity contribution in [1.82, 2.24) is 4.31 Å². The second-order valence-corrected chi connectivity index (χ2v) is 8.67. The first-order valence-corrected chi connectivity index (χ1v) is 8.84. The Labute approximate surface area is 125 Å². The van der Waals surface area contributed by atoms with E-state index in [4.69, 9.17) is 5.73 Å². The van der Waals surface area contributed by atoms with Gasteiger partial charge in [-0.05, 0) is 32.0 Å². The zero-order valence-corrected chi connectivity index (χ0v) is 13.7. The first-order valence-electron chi connectivity index (χ1n) is 6.25. The van der Waals surface area contributed by atoms with Crippen LogP contribution in [0.3, 0.4) is 0 Å². The maximum absolute atomic E-state index is 12.0. The molecule has 3 N–H and O–H groups in total. The minimum absolute atomic E-state index is 0.0268. The molecule has 1 aromatic rings. The smallest absolute Gasteiger partial charge is 0.214 e. The number of anilines is 1. The Morgan fingerprint density at radius 2 is 2.05 bits per heavy atom. The molecule has 0 bridgehead atoms. The highest BCUT2D eigenvalue weighted by atomic mass is 32.2. The Balaban J connectivity index is 2.51. The van der Waals surface area contributed by atoms with Crippen LogP contribution in [0.5, 0.6) is 0 Å². The van der Waals surface area contributed by atoms with E-state index >= 15 is 0 Å². The molecule has 0 aliphatic rings. The van der Waals surface area contributed by atoms with Crippen LogP contribution in [0.4, 0.5) is 5.69 Å². The predicted octanol–water partition coefficient (Wildman–Crippen LogP) is 1.39. The topological polar surface area (TPSA) is 83.6 Å². The van der Waals surface area contributed by atoms with E-state index < -0.39 is 15.6 Å². The van der Waals surface area contributed by atoms with E-state index in [2.05, 4.69) is 0 Å².